The Morgan fingerprint density at radius 2 is 1.85 bits per heavy atom. The quantitative estimate of drug-likeness (QED) is 0.740. The summed E-state index contributed by atoms with van der Waals surface area (Å²) in [6.07, 6.45) is -0.0972. The predicted molar refractivity (Wildman–Crippen MR) is 74.7 cm³/mol. The van der Waals surface area contributed by atoms with Crippen LogP contribution in [0.15, 0.2) is 0 Å². The summed E-state index contributed by atoms with van der Waals surface area (Å²) in [6.45, 7) is 3.38. The fourth-order valence-electron chi connectivity index (χ4n) is 2.45. The third-order valence-corrected chi connectivity index (χ3v) is 7.82. The van der Waals surface area contributed by atoms with Crippen LogP contribution in [0.5, 0.6) is 0 Å². The molecule has 1 rings (SSSR count). The molecule has 0 aliphatic carbocycles. The fourth-order valence-corrected chi connectivity index (χ4v) is 6.39. The Balaban J connectivity index is 2.88. The van der Waals surface area contributed by atoms with Crippen LogP contribution in [0.25, 0.3) is 0 Å². The average molecular weight is 327 g/mol. The highest BCUT2D eigenvalue weighted by molar-refractivity contribution is 7.92. The number of nitrogens with zero attached hydrogens (tertiary/aromatic N) is 1. The maximum absolute atomic E-state index is 12.5. The van der Waals surface area contributed by atoms with Crippen molar-refractivity contribution < 1.29 is 26.7 Å². The fraction of sp³-hybridized carbons (Fsp3) is 0.909. The van der Waals surface area contributed by atoms with Gasteiger partial charge in [0.15, 0.2) is 0 Å². The van der Waals surface area contributed by atoms with Crippen molar-refractivity contribution in [3.63, 3.8) is 0 Å². The Labute approximate surface area is 119 Å². The molecule has 1 unspecified atom stereocenters. The minimum absolute atomic E-state index is 0.0843. The van der Waals surface area contributed by atoms with Gasteiger partial charge in [-0.15, -0.1) is 0 Å². The van der Waals surface area contributed by atoms with Crippen LogP contribution >= 0.6 is 0 Å². The molecule has 0 bridgehead atoms. The van der Waals surface area contributed by atoms with Gasteiger partial charge in [-0.05, 0) is 19.8 Å². The van der Waals surface area contributed by atoms with E-state index in [4.69, 9.17) is 5.11 Å². The number of carboxylic acids is 1. The SMILES string of the molecule is CCN(C(C)CC(=O)O)S(=O)(=O)C1CCS(=O)(=O)CC1. The smallest absolute Gasteiger partial charge is 0.304 e. The molecule has 1 N–H and O–H groups in total. The molecule has 1 atom stereocenters. The van der Waals surface area contributed by atoms with Crippen molar-refractivity contribution in [1.82, 2.24) is 4.31 Å². The summed E-state index contributed by atoms with van der Waals surface area (Å²) < 4.78 is 48.9. The Morgan fingerprint density at radius 1 is 1.35 bits per heavy atom. The molecule has 1 saturated heterocycles. The number of aliphatic carboxylic acids is 1. The van der Waals surface area contributed by atoms with E-state index < -0.39 is 37.1 Å². The Kier molecular flexibility index (Phi) is 5.56. The Bertz CT molecular complexity index is 539. The maximum Gasteiger partial charge on any atom is 0.304 e. The molecule has 1 aliphatic rings. The number of hydrogen-bond donors (Lipinski definition) is 1. The first-order valence-corrected chi connectivity index (χ1v) is 9.85. The first-order chi connectivity index (χ1) is 9.10. The van der Waals surface area contributed by atoms with E-state index in [0.717, 1.165) is 0 Å². The lowest BCUT2D eigenvalue weighted by Gasteiger charge is -2.32. The summed E-state index contributed by atoms with van der Waals surface area (Å²) in [5.41, 5.74) is 0. The molecule has 0 amide bonds. The van der Waals surface area contributed by atoms with Gasteiger partial charge in [-0.2, -0.15) is 4.31 Å². The van der Waals surface area contributed by atoms with Crippen molar-refractivity contribution in [2.24, 2.45) is 0 Å². The average Bonchev–Trinajstić information content (AvgIpc) is 2.27. The van der Waals surface area contributed by atoms with Gasteiger partial charge in [0.2, 0.25) is 10.0 Å². The number of hydrogen-bond acceptors (Lipinski definition) is 5. The van der Waals surface area contributed by atoms with E-state index in [2.05, 4.69) is 0 Å². The molecule has 7 nitrogen and oxygen atoms in total. The van der Waals surface area contributed by atoms with Gasteiger partial charge in [-0.25, -0.2) is 16.8 Å². The first-order valence-electron chi connectivity index (χ1n) is 6.53. The lowest BCUT2D eigenvalue weighted by Crippen LogP contribution is -2.46. The summed E-state index contributed by atoms with van der Waals surface area (Å²) in [7, 11) is -6.79. The molecule has 1 fully saturated rings. The second-order valence-electron chi connectivity index (χ2n) is 5.05. The molecule has 9 heteroatoms. The van der Waals surface area contributed by atoms with Crippen LogP contribution in [0, 0.1) is 0 Å². The van der Waals surface area contributed by atoms with E-state index in [9.17, 15) is 21.6 Å². The standard InChI is InChI=1S/C11H21NO6S2/c1-3-12(9(2)8-11(13)14)20(17,18)10-4-6-19(15,16)7-5-10/h9-10H,3-8H2,1-2H3,(H,13,14). The largest absolute Gasteiger partial charge is 0.481 e. The second kappa shape index (κ2) is 6.40. The van der Waals surface area contributed by atoms with Crippen LogP contribution < -0.4 is 0 Å². The van der Waals surface area contributed by atoms with Crippen molar-refractivity contribution in [2.75, 3.05) is 18.1 Å². The van der Waals surface area contributed by atoms with E-state index in [1.54, 1.807) is 13.8 Å². The van der Waals surface area contributed by atoms with E-state index in [-0.39, 0.29) is 37.3 Å². The molecule has 1 heterocycles. The highest BCUT2D eigenvalue weighted by Gasteiger charge is 2.38. The maximum atomic E-state index is 12.5. The van der Waals surface area contributed by atoms with Gasteiger partial charge >= 0.3 is 5.97 Å². The number of sulfone groups is 1. The van der Waals surface area contributed by atoms with Gasteiger partial charge < -0.3 is 5.11 Å². The molecule has 20 heavy (non-hydrogen) atoms. The van der Waals surface area contributed by atoms with Gasteiger partial charge in [0.1, 0.15) is 9.84 Å². The van der Waals surface area contributed by atoms with Crippen LogP contribution in [-0.4, -0.2) is 61.6 Å². The van der Waals surface area contributed by atoms with Crippen LogP contribution in [-0.2, 0) is 24.7 Å². The molecular formula is C11H21NO6S2. The lowest BCUT2D eigenvalue weighted by atomic mass is 10.2. The molecule has 0 aromatic carbocycles. The third kappa shape index (κ3) is 4.16. The van der Waals surface area contributed by atoms with Crippen LogP contribution in [0.4, 0.5) is 0 Å². The van der Waals surface area contributed by atoms with Gasteiger partial charge in [0.25, 0.3) is 0 Å². The summed E-state index contributed by atoms with van der Waals surface area (Å²) in [5.74, 6) is -1.30. The van der Waals surface area contributed by atoms with E-state index >= 15 is 0 Å². The zero-order chi connectivity index (χ0) is 15.6. The van der Waals surface area contributed by atoms with E-state index in [1.165, 1.54) is 4.31 Å². The molecular weight excluding hydrogens is 306 g/mol. The molecule has 1 aliphatic heterocycles. The van der Waals surface area contributed by atoms with Crippen LogP contribution in [0.2, 0.25) is 0 Å². The number of sulfonamides is 1. The van der Waals surface area contributed by atoms with Crippen LogP contribution in [0.3, 0.4) is 0 Å². The lowest BCUT2D eigenvalue weighted by molar-refractivity contribution is -0.137. The topological polar surface area (TPSA) is 109 Å². The van der Waals surface area contributed by atoms with Crippen molar-refractivity contribution in [3.05, 3.63) is 0 Å². The van der Waals surface area contributed by atoms with Crippen molar-refractivity contribution >= 4 is 25.8 Å². The number of carboxylic acid groups (broad SMARTS) is 1. The third-order valence-electron chi connectivity index (χ3n) is 3.52. The molecule has 0 spiro atoms. The van der Waals surface area contributed by atoms with Gasteiger partial charge in [0.05, 0.1) is 23.2 Å². The Morgan fingerprint density at radius 3 is 2.25 bits per heavy atom. The summed E-state index contributed by atoms with van der Waals surface area (Å²) in [4.78, 5) is 10.7. The van der Waals surface area contributed by atoms with Crippen molar-refractivity contribution in [2.45, 2.75) is 44.4 Å². The molecule has 0 aromatic rings. The molecule has 0 radical (unpaired) electrons. The zero-order valence-corrected chi connectivity index (χ0v) is 13.3. The van der Waals surface area contributed by atoms with Gasteiger partial charge in [-0.3, -0.25) is 4.79 Å². The first kappa shape index (κ1) is 17.4. The molecule has 0 saturated carbocycles. The minimum Gasteiger partial charge on any atom is -0.481 e. The minimum atomic E-state index is -3.66. The van der Waals surface area contributed by atoms with Crippen molar-refractivity contribution in [1.29, 1.82) is 0 Å². The number of rotatable bonds is 6. The van der Waals surface area contributed by atoms with Crippen LogP contribution in [0.1, 0.15) is 33.1 Å². The monoisotopic (exact) mass is 327 g/mol. The molecule has 0 aromatic heterocycles. The Hall–Kier alpha value is -0.670. The molecule has 118 valence electrons. The normalized spacial score (nSPS) is 21.8. The summed E-state index contributed by atoms with van der Waals surface area (Å²) in [5, 5.41) is 8.04. The van der Waals surface area contributed by atoms with Gasteiger partial charge in [-0.1, -0.05) is 6.92 Å². The van der Waals surface area contributed by atoms with E-state index in [0.29, 0.717) is 0 Å². The van der Waals surface area contributed by atoms with Gasteiger partial charge in [0, 0.05) is 12.6 Å². The highest BCUT2D eigenvalue weighted by Crippen LogP contribution is 2.24. The highest BCUT2D eigenvalue weighted by atomic mass is 32.2. The second-order valence-corrected chi connectivity index (χ2v) is 9.52. The predicted octanol–water partition coefficient (Wildman–Crippen LogP) is 0.0785. The number of carbonyl (C=O) groups is 1. The summed E-state index contributed by atoms with van der Waals surface area (Å²) in [6, 6.07) is -0.638. The van der Waals surface area contributed by atoms with Crippen molar-refractivity contribution in [3.8, 4) is 0 Å². The van der Waals surface area contributed by atoms with E-state index in [1.807, 2.05) is 0 Å². The zero-order valence-electron chi connectivity index (χ0n) is 11.6. The summed E-state index contributed by atoms with van der Waals surface area (Å²) >= 11 is 0.